The summed E-state index contributed by atoms with van der Waals surface area (Å²) in [5.41, 5.74) is 4.25. The largest absolute Gasteiger partial charge is 0.486 e. The van der Waals surface area contributed by atoms with Crippen molar-refractivity contribution in [2.45, 2.75) is 13.8 Å². The number of carbonyl (C=O) groups is 1. The molecule has 5 rings (SSSR count). The molecule has 0 unspecified atom stereocenters. The van der Waals surface area contributed by atoms with E-state index in [9.17, 15) is 9.59 Å². The van der Waals surface area contributed by atoms with Crippen LogP contribution in [-0.2, 0) is 0 Å². The van der Waals surface area contributed by atoms with Crippen molar-refractivity contribution >= 4 is 22.6 Å². The molecule has 0 bridgehead atoms. The van der Waals surface area contributed by atoms with Gasteiger partial charge in [0.2, 0.25) is 0 Å². The van der Waals surface area contributed by atoms with E-state index in [4.69, 9.17) is 13.9 Å². The molecule has 0 atom stereocenters. The Bertz CT molecular complexity index is 1400. The number of hydrogen-bond acceptors (Lipinski definition) is 5. The number of nitrogens with one attached hydrogen (secondary N) is 1. The molecule has 0 fully saturated rings. The average Bonchev–Trinajstić information content (AvgIpc) is 2.79. The average molecular weight is 427 g/mol. The summed E-state index contributed by atoms with van der Waals surface area (Å²) in [5.74, 6) is 1.50. The summed E-state index contributed by atoms with van der Waals surface area (Å²) < 4.78 is 17.1. The van der Waals surface area contributed by atoms with Crippen LogP contribution in [0.1, 0.15) is 21.5 Å². The Morgan fingerprint density at radius 3 is 2.41 bits per heavy atom. The summed E-state index contributed by atoms with van der Waals surface area (Å²) in [7, 11) is 0. The van der Waals surface area contributed by atoms with E-state index in [-0.39, 0.29) is 11.3 Å². The number of amides is 1. The molecular weight excluding hydrogens is 406 g/mol. The van der Waals surface area contributed by atoms with Crippen molar-refractivity contribution in [3.05, 3.63) is 87.6 Å². The minimum Gasteiger partial charge on any atom is -0.486 e. The van der Waals surface area contributed by atoms with E-state index in [2.05, 4.69) is 5.32 Å². The first kappa shape index (κ1) is 19.9. The van der Waals surface area contributed by atoms with Gasteiger partial charge in [-0.15, -0.1) is 0 Å². The van der Waals surface area contributed by atoms with Crippen molar-refractivity contribution in [2.24, 2.45) is 0 Å². The van der Waals surface area contributed by atoms with Gasteiger partial charge in [0.05, 0.1) is 5.39 Å². The van der Waals surface area contributed by atoms with Crippen LogP contribution >= 0.6 is 0 Å². The molecular formula is C26H21NO5. The van der Waals surface area contributed by atoms with Gasteiger partial charge in [-0.2, -0.15) is 0 Å². The summed E-state index contributed by atoms with van der Waals surface area (Å²) in [6.45, 7) is 4.87. The number of hydrogen-bond donors (Lipinski definition) is 1. The highest BCUT2D eigenvalue weighted by molar-refractivity contribution is 6.04. The van der Waals surface area contributed by atoms with E-state index in [1.807, 2.05) is 26.0 Å². The molecule has 32 heavy (non-hydrogen) atoms. The first-order valence-electron chi connectivity index (χ1n) is 10.3. The summed E-state index contributed by atoms with van der Waals surface area (Å²) in [6.07, 6.45) is 0. The van der Waals surface area contributed by atoms with Gasteiger partial charge in [0.25, 0.3) is 5.91 Å². The maximum atomic E-state index is 12.7. The summed E-state index contributed by atoms with van der Waals surface area (Å²) in [5, 5.41) is 3.44. The first-order valence-corrected chi connectivity index (χ1v) is 10.3. The second-order valence-corrected chi connectivity index (χ2v) is 7.82. The highest BCUT2D eigenvalue weighted by Gasteiger charge is 2.14. The molecule has 0 aliphatic carbocycles. The Labute approximate surface area is 184 Å². The van der Waals surface area contributed by atoms with Gasteiger partial charge in [0.15, 0.2) is 16.9 Å². The zero-order valence-corrected chi connectivity index (χ0v) is 17.7. The van der Waals surface area contributed by atoms with Gasteiger partial charge < -0.3 is 19.2 Å². The lowest BCUT2D eigenvalue weighted by atomic mass is 10.1. The molecule has 6 heteroatoms. The predicted octanol–water partition coefficient (Wildman–Crippen LogP) is 5.10. The molecule has 1 aromatic heterocycles. The van der Waals surface area contributed by atoms with E-state index in [1.165, 1.54) is 6.07 Å². The standard InChI is InChI=1S/C26H21NO5/c1-15-11-16(2)25-20(12-15)21(28)14-23(32-25)17-3-5-18(6-4-17)26(29)27-19-7-8-22-24(13-19)31-10-9-30-22/h3-8,11-14H,9-10H2,1-2H3,(H,27,29). The second-order valence-electron chi connectivity index (χ2n) is 7.82. The molecule has 2 heterocycles. The molecule has 3 aromatic carbocycles. The van der Waals surface area contributed by atoms with E-state index in [0.717, 1.165) is 16.7 Å². The zero-order valence-electron chi connectivity index (χ0n) is 17.7. The fraction of sp³-hybridized carbons (Fsp3) is 0.154. The topological polar surface area (TPSA) is 77.8 Å². The minimum atomic E-state index is -0.250. The van der Waals surface area contributed by atoms with Gasteiger partial charge in [-0.3, -0.25) is 9.59 Å². The van der Waals surface area contributed by atoms with Crippen LogP contribution in [0.2, 0.25) is 0 Å². The molecule has 1 aliphatic heterocycles. The molecule has 0 radical (unpaired) electrons. The Morgan fingerprint density at radius 1 is 0.875 bits per heavy atom. The fourth-order valence-electron chi connectivity index (χ4n) is 3.86. The third kappa shape index (κ3) is 3.71. The van der Waals surface area contributed by atoms with Gasteiger partial charge in [-0.1, -0.05) is 18.2 Å². The van der Waals surface area contributed by atoms with Gasteiger partial charge in [0.1, 0.15) is 24.6 Å². The van der Waals surface area contributed by atoms with Crippen LogP contribution in [0.3, 0.4) is 0 Å². The molecule has 1 N–H and O–H groups in total. The quantitative estimate of drug-likeness (QED) is 0.492. The van der Waals surface area contributed by atoms with Crippen molar-refractivity contribution < 1.29 is 18.7 Å². The summed E-state index contributed by atoms with van der Waals surface area (Å²) >= 11 is 0. The number of benzene rings is 3. The Kier molecular flexibility index (Phi) is 4.90. The molecule has 1 amide bonds. The van der Waals surface area contributed by atoms with Crippen LogP contribution < -0.4 is 20.2 Å². The number of carbonyl (C=O) groups excluding carboxylic acids is 1. The highest BCUT2D eigenvalue weighted by Crippen LogP contribution is 2.33. The van der Waals surface area contributed by atoms with Crippen molar-refractivity contribution in [1.82, 2.24) is 0 Å². The number of rotatable bonds is 3. The Balaban J connectivity index is 1.39. The molecule has 160 valence electrons. The molecule has 6 nitrogen and oxygen atoms in total. The lowest BCUT2D eigenvalue weighted by Gasteiger charge is -2.19. The van der Waals surface area contributed by atoms with Crippen LogP contribution in [0, 0.1) is 13.8 Å². The van der Waals surface area contributed by atoms with E-state index >= 15 is 0 Å². The zero-order chi connectivity index (χ0) is 22.2. The number of ether oxygens (including phenoxy) is 2. The third-order valence-electron chi connectivity index (χ3n) is 5.39. The summed E-state index contributed by atoms with van der Waals surface area (Å²) in [4.78, 5) is 25.3. The molecule has 1 aliphatic rings. The van der Waals surface area contributed by atoms with E-state index in [0.29, 0.717) is 52.7 Å². The fourth-order valence-corrected chi connectivity index (χ4v) is 3.86. The first-order chi connectivity index (χ1) is 15.5. The molecule has 0 spiro atoms. The van der Waals surface area contributed by atoms with Crippen LogP contribution in [0.5, 0.6) is 11.5 Å². The summed E-state index contributed by atoms with van der Waals surface area (Å²) in [6, 6.07) is 17.6. The minimum absolute atomic E-state index is 0.0894. The highest BCUT2D eigenvalue weighted by atomic mass is 16.6. The van der Waals surface area contributed by atoms with Crippen molar-refractivity contribution in [3.63, 3.8) is 0 Å². The predicted molar refractivity (Wildman–Crippen MR) is 123 cm³/mol. The maximum Gasteiger partial charge on any atom is 0.255 e. The van der Waals surface area contributed by atoms with Gasteiger partial charge in [-0.05, 0) is 55.3 Å². The van der Waals surface area contributed by atoms with Crippen molar-refractivity contribution in [2.75, 3.05) is 18.5 Å². The van der Waals surface area contributed by atoms with Gasteiger partial charge >= 0.3 is 0 Å². The van der Waals surface area contributed by atoms with Gasteiger partial charge in [0, 0.05) is 28.9 Å². The smallest absolute Gasteiger partial charge is 0.255 e. The monoisotopic (exact) mass is 427 g/mol. The van der Waals surface area contributed by atoms with Crippen LogP contribution in [0.4, 0.5) is 5.69 Å². The number of aryl methyl sites for hydroxylation is 2. The second kappa shape index (κ2) is 7.89. The Morgan fingerprint density at radius 2 is 1.62 bits per heavy atom. The van der Waals surface area contributed by atoms with Crippen LogP contribution in [-0.4, -0.2) is 19.1 Å². The van der Waals surface area contributed by atoms with Crippen LogP contribution in [0.25, 0.3) is 22.3 Å². The SMILES string of the molecule is Cc1cc(C)c2oc(-c3ccc(C(=O)Nc4ccc5c(c4)OCCO5)cc3)cc(=O)c2c1. The van der Waals surface area contributed by atoms with E-state index in [1.54, 1.807) is 42.5 Å². The molecule has 0 saturated heterocycles. The van der Waals surface area contributed by atoms with Crippen LogP contribution in [0.15, 0.2) is 69.9 Å². The lowest BCUT2D eigenvalue weighted by molar-refractivity contribution is 0.102. The van der Waals surface area contributed by atoms with Crippen molar-refractivity contribution in [1.29, 1.82) is 0 Å². The number of fused-ring (bicyclic) bond motifs is 2. The van der Waals surface area contributed by atoms with E-state index < -0.39 is 0 Å². The van der Waals surface area contributed by atoms with Crippen molar-refractivity contribution in [3.8, 4) is 22.8 Å². The molecule has 0 saturated carbocycles. The third-order valence-corrected chi connectivity index (χ3v) is 5.39. The normalized spacial score (nSPS) is 12.6. The Hall–Kier alpha value is -4.06. The lowest BCUT2D eigenvalue weighted by Crippen LogP contribution is -2.16. The van der Waals surface area contributed by atoms with Gasteiger partial charge in [-0.25, -0.2) is 0 Å². The number of anilines is 1. The molecule has 4 aromatic rings. The maximum absolute atomic E-state index is 12.7.